The highest BCUT2D eigenvalue weighted by Crippen LogP contribution is 2.27. The predicted octanol–water partition coefficient (Wildman–Crippen LogP) is 4.72. The van der Waals surface area contributed by atoms with Gasteiger partial charge in [-0.2, -0.15) is 0 Å². The third-order valence-corrected chi connectivity index (χ3v) is 3.48. The molecule has 104 valence electrons. The van der Waals surface area contributed by atoms with Crippen LogP contribution >= 0.6 is 0 Å². The predicted molar refractivity (Wildman–Crippen MR) is 87.5 cm³/mol. The van der Waals surface area contributed by atoms with Crippen LogP contribution in [-0.2, 0) is 0 Å². The molecule has 2 heteroatoms. The quantitative estimate of drug-likeness (QED) is 0.701. The van der Waals surface area contributed by atoms with Crippen LogP contribution in [0.15, 0.2) is 60.7 Å². The van der Waals surface area contributed by atoms with E-state index in [0.717, 1.165) is 5.56 Å². The Bertz CT molecular complexity index is 798. The van der Waals surface area contributed by atoms with E-state index in [1.165, 1.54) is 16.3 Å². The summed E-state index contributed by atoms with van der Waals surface area (Å²) in [6, 6.07) is 19.9. The van der Waals surface area contributed by atoms with Crippen molar-refractivity contribution in [3.63, 3.8) is 0 Å². The first-order valence-corrected chi connectivity index (χ1v) is 6.81. The Balaban J connectivity index is 1.98. The molecule has 0 aliphatic heterocycles. The number of aromatic hydroxyl groups is 1. The minimum absolute atomic E-state index is 0.153. The van der Waals surface area contributed by atoms with Crippen molar-refractivity contribution < 1.29 is 9.84 Å². The fraction of sp³-hybridized carbons (Fsp3) is 0.0526. The summed E-state index contributed by atoms with van der Waals surface area (Å²) < 4.78 is 5.12. The summed E-state index contributed by atoms with van der Waals surface area (Å²) in [6.45, 7) is 0. The molecular weight excluding hydrogens is 260 g/mol. The molecule has 2 nitrogen and oxygen atoms in total. The standard InChI is InChI=1S/C19H16O2/c1-21-19-13-14(10-12-18(19)20)9-11-16-7-4-6-15-5-2-3-8-17(15)16/h2-13,20H,1H3/b11-9+. The van der Waals surface area contributed by atoms with Gasteiger partial charge in [0.15, 0.2) is 11.5 Å². The lowest BCUT2D eigenvalue weighted by Crippen LogP contribution is -1.84. The van der Waals surface area contributed by atoms with E-state index in [4.69, 9.17) is 4.74 Å². The molecule has 21 heavy (non-hydrogen) atoms. The molecule has 0 saturated heterocycles. The van der Waals surface area contributed by atoms with E-state index in [2.05, 4.69) is 36.4 Å². The fourth-order valence-corrected chi connectivity index (χ4v) is 2.38. The van der Waals surface area contributed by atoms with Gasteiger partial charge in [0.05, 0.1) is 7.11 Å². The first-order valence-electron chi connectivity index (χ1n) is 6.81. The summed E-state index contributed by atoms with van der Waals surface area (Å²) in [5, 5.41) is 12.1. The van der Waals surface area contributed by atoms with Crippen LogP contribution in [0.3, 0.4) is 0 Å². The Labute approximate surface area is 123 Å². The zero-order valence-corrected chi connectivity index (χ0v) is 11.8. The maximum Gasteiger partial charge on any atom is 0.161 e. The Morgan fingerprint density at radius 2 is 1.71 bits per heavy atom. The number of phenols is 1. The monoisotopic (exact) mass is 276 g/mol. The summed E-state index contributed by atoms with van der Waals surface area (Å²) in [5.41, 5.74) is 2.15. The number of methoxy groups -OCH3 is 1. The number of phenolic OH excluding ortho intramolecular Hbond substituents is 1. The van der Waals surface area contributed by atoms with Crippen molar-refractivity contribution in [3.8, 4) is 11.5 Å². The van der Waals surface area contributed by atoms with Gasteiger partial charge in [-0.3, -0.25) is 0 Å². The average molecular weight is 276 g/mol. The Kier molecular flexibility index (Phi) is 3.61. The SMILES string of the molecule is COc1cc(/C=C/c2cccc3ccccc23)ccc1O. The van der Waals surface area contributed by atoms with Crippen molar-refractivity contribution in [3.05, 3.63) is 71.8 Å². The maximum atomic E-state index is 9.61. The van der Waals surface area contributed by atoms with Gasteiger partial charge in [0, 0.05) is 0 Å². The van der Waals surface area contributed by atoms with Crippen LogP contribution in [0, 0.1) is 0 Å². The lowest BCUT2D eigenvalue weighted by Gasteiger charge is -2.04. The third kappa shape index (κ3) is 2.75. The smallest absolute Gasteiger partial charge is 0.161 e. The highest BCUT2D eigenvalue weighted by Gasteiger charge is 2.01. The fourth-order valence-electron chi connectivity index (χ4n) is 2.38. The van der Waals surface area contributed by atoms with Gasteiger partial charge >= 0.3 is 0 Å². The number of benzene rings is 3. The van der Waals surface area contributed by atoms with Gasteiger partial charge in [0.2, 0.25) is 0 Å². The van der Waals surface area contributed by atoms with Crippen molar-refractivity contribution in [2.24, 2.45) is 0 Å². The van der Waals surface area contributed by atoms with Gasteiger partial charge in [-0.1, -0.05) is 60.7 Å². The minimum Gasteiger partial charge on any atom is -0.504 e. The second-order valence-corrected chi connectivity index (χ2v) is 4.83. The molecule has 3 aromatic rings. The third-order valence-electron chi connectivity index (χ3n) is 3.48. The maximum absolute atomic E-state index is 9.61. The van der Waals surface area contributed by atoms with Gasteiger partial charge in [0.25, 0.3) is 0 Å². The zero-order valence-electron chi connectivity index (χ0n) is 11.8. The summed E-state index contributed by atoms with van der Waals surface area (Å²) in [4.78, 5) is 0. The van der Waals surface area contributed by atoms with Crippen LogP contribution in [0.1, 0.15) is 11.1 Å². The second-order valence-electron chi connectivity index (χ2n) is 4.83. The Morgan fingerprint density at radius 3 is 2.57 bits per heavy atom. The van der Waals surface area contributed by atoms with E-state index in [1.807, 2.05) is 30.3 Å². The van der Waals surface area contributed by atoms with E-state index in [9.17, 15) is 5.11 Å². The first kappa shape index (κ1) is 13.3. The highest BCUT2D eigenvalue weighted by molar-refractivity contribution is 5.92. The number of hydrogen-bond acceptors (Lipinski definition) is 2. The van der Waals surface area contributed by atoms with Crippen LogP contribution in [0.5, 0.6) is 11.5 Å². The molecule has 3 rings (SSSR count). The molecule has 0 unspecified atom stereocenters. The largest absolute Gasteiger partial charge is 0.504 e. The number of ether oxygens (including phenoxy) is 1. The topological polar surface area (TPSA) is 29.5 Å². The van der Waals surface area contributed by atoms with Crippen LogP contribution in [0.2, 0.25) is 0 Å². The van der Waals surface area contributed by atoms with Gasteiger partial charge in [-0.05, 0) is 34.0 Å². The molecule has 0 heterocycles. The van der Waals surface area contributed by atoms with E-state index in [1.54, 1.807) is 13.2 Å². The van der Waals surface area contributed by atoms with Gasteiger partial charge < -0.3 is 9.84 Å². The van der Waals surface area contributed by atoms with Crippen LogP contribution in [-0.4, -0.2) is 12.2 Å². The van der Waals surface area contributed by atoms with Crippen molar-refractivity contribution in [2.45, 2.75) is 0 Å². The second kappa shape index (κ2) is 5.71. The molecule has 0 fully saturated rings. The number of rotatable bonds is 3. The van der Waals surface area contributed by atoms with Crippen molar-refractivity contribution in [2.75, 3.05) is 7.11 Å². The number of fused-ring (bicyclic) bond motifs is 1. The Hall–Kier alpha value is -2.74. The van der Waals surface area contributed by atoms with Gasteiger partial charge in [0.1, 0.15) is 0 Å². The van der Waals surface area contributed by atoms with Gasteiger partial charge in [-0.25, -0.2) is 0 Å². The zero-order chi connectivity index (χ0) is 14.7. The lowest BCUT2D eigenvalue weighted by atomic mass is 10.0. The normalized spacial score (nSPS) is 11.1. The molecule has 0 amide bonds. The van der Waals surface area contributed by atoms with Crippen molar-refractivity contribution >= 4 is 22.9 Å². The van der Waals surface area contributed by atoms with E-state index < -0.39 is 0 Å². The highest BCUT2D eigenvalue weighted by atomic mass is 16.5. The summed E-state index contributed by atoms with van der Waals surface area (Å²) in [5.74, 6) is 0.634. The Morgan fingerprint density at radius 1 is 0.905 bits per heavy atom. The van der Waals surface area contributed by atoms with Crippen LogP contribution in [0.25, 0.3) is 22.9 Å². The molecule has 0 spiro atoms. The summed E-state index contributed by atoms with van der Waals surface area (Å²) in [7, 11) is 1.55. The minimum atomic E-state index is 0.153. The van der Waals surface area contributed by atoms with E-state index in [0.29, 0.717) is 5.75 Å². The molecule has 0 aromatic heterocycles. The molecule has 3 aromatic carbocycles. The molecule has 1 N–H and O–H groups in total. The number of hydrogen-bond donors (Lipinski definition) is 1. The molecular formula is C19H16O2. The van der Waals surface area contributed by atoms with Crippen LogP contribution < -0.4 is 4.74 Å². The first-order chi connectivity index (χ1) is 10.3. The van der Waals surface area contributed by atoms with Crippen molar-refractivity contribution in [1.29, 1.82) is 0 Å². The molecule has 0 aliphatic carbocycles. The lowest BCUT2D eigenvalue weighted by molar-refractivity contribution is 0.373. The summed E-state index contributed by atoms with van der Waals surface area (Å²) >= 11 is 0. The summed E-state index contributed by atoms with van der Waals surface area (Å²) in [6.07, 6.45) is 4.10. The molecule has 0 atom stereocenters. The molecule has 0 radical (unpaired) electrons. The molecule has 0 aliphatic rings. The van der Waals surface area contributed by atoms with E-state index in [-0.39, 0.29) is 5.75 Å². The van der Waals surface area contributed by atoms with E-state index >= 15 is 0 Å². The average Bonchev–Trinajstić information content (AvgIpc) is 2.54. The van der Waals surface area contributed by atoms with Crippen molar-refractivity contribution in [1.82, 2.24) is 0 Å². The van der Waals surface area contributed by atoms with Crippen LogP contribution in [0.4, 0.5) is 0 Å². The molecule has 0 saturated carbocycles. The molecule has 0 bridgehead atoms. The van der Waals surface area contributed by atoms with Gasteiger partial charge in [-0.15, -0.1) is 0 Å².